The third-order valence-electron chi connectivity index (χ3n) is 1.90. The molecular formula is C8H12N2OS. The summed E-state index contributed by atoms with van der Waals surface area (Å²) in [4.78, 5) is 5.72. The second-order valence-electron chi connectivity index (χ2n) is 3.01. The van der Waals surface area contributed by atoms with Gasteiger partial charge in [-0.25, -0.2) is 4.98 Å². The molecule has 4 heteroatoms. The van der Waals surface area contributed by atoms with Gasteiger partial charge in [-0.3, -0.25) is 0 Å². The van der Waals surface area contributed by atoms with E-state index in [9.17, 15) is 0 Å². The summed E-state index contributed by atoms with van der Waals surface area (Å²) in [6, 6.07) is 0.0561. The van der Waals surface area contributed by atoms with E-state index in [0.717, 1.165) is 24.6 Å². The summed E-state index contributed by atoms with van der Waals surface area (Å²) in [6.07, 6.45) is 0.943. The third-order valence-corrected chi connectivity index (χ3v) is 3.17. The lowest BCUT2D eigenvalue weighted by Gasteiger charge is -2.08. The first-order chi connectivity index (χ1) is 5.77. The molecule has 0 saturated carbocycles. The van der Waals surface area contributed by atoms with Gasteiger partial charge in [-0.05, 0) is 6.92 Å². The molecule has 0 aliphatic carbocycles. The zero-order valence-electron chi connectivity index (χ0n) is 7.04. The third kappa shape index (κ3) is 1.37. The van der Waals surface area contributed by atoms with E-state index in [1.165, 1.54) is 10.6 Å². The molecule has 2 heterocycles. The van der Waals surface area contributed by atoms with E-state index < -0.39 is 0 Å². The van der Waals surface area contributed by atoms with E-state index in [-0.39, 0.29) is 6.04 Å². The van der Waals surface area contributed by atoms with Crippen molar-refractivity contribution < 1.29 is 4.74 Å². The van der Waals surface area contributed by atoms with Crippen LogP contribution in [0.1, 0.15) is 28.5 Å². The van der Waals surface area contributed by atoms with Crippen LogP contribution in [0.4, 0.5) is 0 Å². The van der Waals surface area contributed by atoms with Gasteiger partial charge < -0.3 is 10.5 Å². The Labute approximate surface area is 75.6 Å². The number of aromatic nitrogens is 1. The van der Waals surface area contributed by atoms with Gasteiger partial charge in [0.2, 0.25) is 0 Å². The van der Waals surface area contributed by atoms with Gasteiger partial charge in [0.25, 0.3) is 0 Å². The van der Waals surface area contributed by atoms with Crippen molar-refractivity contribution in [1.82, 2.24) is 4.98 Å². The number of rotatable bonds is 1. The molecule has 0 saturated heterocycles. The molecule has 3 nitrogen and oxygen atoms in total. The summed E-state index contributed by atoms with van der Waals surface area (Å²) >= 11 is 1.68. The monoisotopic (exact) mass is 184 g/mol. The molecule has 0 radical (unpaired) electrons. The molecule has 1 aliphatic rings. The second kappa shape index (κ2) is 3.12. The van der Waals surface area contributed by atoms with Crippen molar-refractivity contribution in [2.24, 2.45) is 5.73 Å². The predicted octanol–water partition coefficient (Wildman–Crippen LogP) is 1.24. The van der Waals surface area contributed by atoms with Gasteiger partial charge in [0, 0.05) is 6.42 Å². The van der Waals surface area contributed by atoms with Gasteiger partial charge in [0.15, 0.2) is 0 Å². The number of nitrogens with two attached hydrogens (primary N) is 1. The Bertz CT molecular complexity index is 259. The molecule has 0 amide bonds. The Kier molecular flexibility index (Phi) is 2.12. The molecular weight excluding hydrogens is 172 g/mol. The smallest absolute Gasteiger partial charge is 0.110 e. The maximum atomic E-state index is 5.73. The highest BCUT2D eigenvalue weighted by atomic mass is 32.1. The Morgan fingerprint density at radius 1 is 1.67 bits per heavy atom. The quantitative estimate of drug-likeness (QED) is 0.714. The van der Waals surface area contributed by atoms with E-state index in [2.05, 4.69) is 4.98 Å². The summed E-state index contributed by atoms with van der Waals surface area (Å²) in [5.41, 5.74) is 6.93. The standard InChI is InChI=1S/C8H12N2OS/c1-5(9)8-10-6-2-3-11-4-7(6)12-8/h5H,2-4,9H2,1H3. The summed E-state index contributed by atoms with van der Waals surface area (Å²) in [5.74, 6) is 0. The number of fused-ring (bicyclic) bond motifs is 1. The number of nitrogens with zero attached hydrogens (tertiary/aromatic N) is 1. The highest BCUT2D eigenvalue weighted by Gasteiger charge is 2.16. The van der Waals surface area contributed by atoms with Crippen LogP contribution in [0.15, 0.2) is 0 Å². The minimum atomic E-state index is 0.0561. The Morgan fingerprint density at radius 3 is 3.17 bits per heavy atom. The van der Waals surface area contributed by atoms with Gasteiger partial charge in [-0.1, -0.05) is 0 Å². The first-order valence-electron chi connectivity index (χ1n) is 4.09. The first-order valence-corrected chi connectivity index (χ1v) is 4.91. The zero-order valence-corrected chi connectivity index (χ0v) is 7.86. The molecule has 1 aliphatic heterocycles. The molecule has 0 fully saturated rings. The minimum absolute atomic E-state index is 0.0561. The van der Waals surface area contributed by atoms with Crippen LogP contribution in [0.25, 0.3) is 0 Å². The fourth-order valence-electron chi connectivity index (χ4n) is 1.24. The Balaban J connectivity index is 2.32. The fourth-order valence-corrected chi connectivity index (χ4v) is 2.24. The normalized spacial score (nSPS) is 18.8. The molecule has 66 valence electrons. The van der Waals surface area contributed by atoms with Crippen LogP contribution in [0.2, 0.25) is 0 Å². The maximum absolute atomic E-state index is 5.73. The minimum Gasteiger partial charge on any atom is -0.375 e. The molecule has 0 aromatic carbocycles. The summed E-state index contributed by atoms with van der Waals surface area (Å²) in [5, 5.41) is 1.03. The van der Waals surface area contributed by atoms with Crippen molar-refractivity contribution in [3.8, 4) is 0 Å². The maximum Gasteiger partial charge on any atom is 0.110 e. The lowest BCUT2D eigenvalue weighted by molar-refractivity contribution is 0.112. The summed E-state index contributed by atoms with van der Waals surface area (Å²) in [7, 11) is 0. The lowest BCUT2D eigenvalue weighted by Crippen LogP contribution is -2.08. The van der Waals surface area contributed by atoms with Crippen LogP contribution in [-0.2, 0) is 17.8 Å². The van der Waals surface area contributed by atoms with E-state index >= 15 is 0 Å². The van der Waals surface area contributed by atoms with Gasteiger partial charge in [-0.15, -0.1) is 11.3 Å². The highest BCUT2D eigenvalue weighted by Crippen LogP contribution is 2.26. The first kappa shape index (κ1) is 8.16. The van der Waals surface area contributed by atoms with Crippen molar-refractivity contribution in [1.29, 1.82) is 0 Å². The molecule has 2 N–H and O–H groups in total. The van der Waals surface area contributed by atoms with Crippen LogP contribution in [-0.4, -0.2) is 11.6 Å². The molecule has 1 atom stereocenters. The molecule has 2 rings (SSSR count). The Hall–Kier alpha value is -0.450. The summed E-state index contributed by atoms with van der Waals surface area (Å²) < 4.78 is 5.32. The van der Waals surface area contributed by atoms with Crippen molar-refractivity contribution >= 4 is 11.3 Å². The van der Waals surface area contributed by atoms with Crippen molar-refractivity contribution in [2.75, 3.05) is 6.61 Å². The fraction of sp³-hybridized carbons (Fsp3) is 0.625. The number of hydrogen-bond donors (Lipinski definition) is 1. The average molecular weight is 184 g/mol. The van der Waals surface area contributed by atoms with Crippen LogP contribution in [0.5, 0.6) is 0 Å². The zero-order chi connectivity index (χ0) is 8.55. The van der Waals surface area contributed by atoms with E-state index in [1.54, 1.807) is 11.3 Å². The van der Waals surface area contributed by atoms with Gasteiger partial charge in [0.1, 0.15) is 5.01 Å². The SMILES string of the molecule is CC(N)c1nc2c(s1)COCC2. The number of ether oxygens (including phenoxy) is 1. The highest BCUT2D eigenvalue weighted by molar-refractivity contribution is 7.11. The molecule has 1 unspecified atom stereocenters. The predicted molar refractivity (Wildman–Crippen MR) is 48.1 cm³/mol. The van der Waals surface area contributed by atoms with Crippen molar-refractivity contribution in [2.45, 2.75) is 26.0 Å². The van der Waals surface area contributed by atoms with E-state index in [0.29, 0.717) is 0 Å². The number of hydrogen-bond acceptors (Lipinski definition) is 4. The molecule has 12 heavy (non-hydrogen) atoms. The van der Waals surface area contributed by atoms with Crippen LogP contribution < -0.4 is 5.73 Å². The van der Waals surface area contributed by atoms with Crippen LogP contribution in [0, 0.1) is 0 Å². The molecule has 1 aromatic heterocycles. The number of thiazole rings is 1. The van der Waals surface area contributed by atoms with Gasteiger partial charge >= 0.3 is 0 Å². The van der Waals surface area contributed by atoms with Crippen molar-refractivity contribution in [3.63, 3.8) is 0 Å². The molecule has 0 bridgehead atoms. The topological polar surface area (TPSA) is 48.1 Å². The molecule has 1 aromatic rings. The average Bonchev–Trinajstić information content (AvgIpc) is 2.46. The largest absolute Gasteiger partial charge is 0.375 e. The van der Waals surface area contributed by atoms with Gasteiger partial charge in [-0.2, -0.15) is 0 Å². The lowest BCUT2D eigenvalue weighted by atomic mass is 10.2. The Morgan fingerprint density at radius 2 is 2.50 bits per heavy atom. The van der Waals surface area contributed by atoms with Crippen LogP contribution in [0.3, 0.4) is 0 Å². The van der Waals surface area contributed by atoms with Crippen molar-refractivity contribution in [3.05, 3.63) is 15.6 Å². The molecule has 0 spiro atoms. The van der Waals surface area contributed by atoms with Gasteiger partial charge in [0.05, 0.1) is 29.8 Å². The summed E-state index contributed by atoms with van der Waals surface area (Å²) in [6.45, 7) is 3.49. The second-order valence-corrected chi connectivity index (χ2v) is 4.13. The van der Waals surface area contributed by atoms with E-state index in [1.807, 2.05) is 6.92 Å². The van der Waals surface area contributed by atoms with Crippen LogP contribution >= 0.6 is 11.3 Å². The van der Waals surface area contributed by atoms with E-state index in [4.69, 9.17) is 10.5 Å².